The van der Waals surface area contributed by atoms with E-state index in [4.69, 9.17) is 28.9 Å². The Morgan fingerprint density at radius 3 is 2.32 bits per heavy atom. The van der Waals surface area contributed by atoms with Crippen molar-refractivity contribution in [3.05, 3.63) is 63.6 Å². The average molecular weight is 338 g/mol. The van der Waals surface area contributed by atoms with E-state index >= 15 is 0 Å². The first-order valence-electron chi connectivity index (χ1n) is 6.34. The van der Waals surface area contributed by atoms with Gasteiger partial charge < -0.3 is 16.4 Å². The zero-order chi connectivity index (χ0) is 16.1. The normalized spacial score (nSPS) is 10.1. The predicted molar refractivity (Wildman–Crippen MR) is 87.3 cm³/mol. The van der Waals surface area contributed by atoms with Crippen molar-refractivity contribution in [3.8, 4) is 0 Å². The largest absolute Gasteiger partial charge is 0.351 e. The molecule has 0 saturated carbocycles. The van der Waals surface area contributed by atoms with E-state index in [1.165, 1.54) is 0 Å². The lowest BCUT2D eigenvalue weighted by atomic mass is 10.1. The number of rotatable bonds is 4. The highest BCUT2D eigenvalue weighted by Crippen LogP contribution is 2.20. The Bertz CT molecular complexity index is 702. The van der Waals surface area contributed by atoms with Gasteiger partial charge in [0.1, 0.15) is 0 Å². The van der Waals surface area contributed by atoms with Crippen LogP contribution in [0.15, 0.2) is 42.5 Å². The van der Waals surface area contributed by atoms with Crippen molar-refractivity contribution in [2.24, 2.45) is 5.73 Å². The van der Waals surface area contributed by atoms with Crippen molar-refractivity contribution >= 4 is 40.8 Å². The minimum atomic E-state index is -0.658. The van der Waals surface area contributed by atoms with Crippen LogP contribution in [0, 0.1) is 0 Å². The monoisotopic (exact) mass is 337 g/mol. The van der Waals surface area contributed by atoms with Gasteiger partial charge >= 0.3 is 6.03 Å². The van der Waals surface area contributed by atoms with Crippen LogP contribution in [0.3, 0.4) is 0 Å². The van der Waals surface area contributed by atoms with Crippen LogP contribution in [0.1, 0.15) is 15.9 Å². The lowest BCUT2D eigenvalue weighted by Crippen LogP contribution is -2.23. The Kier molecular flexibility index (Phi) is 5.25. The summed E-state index contributed by atoms with van der Waals surface area (Å²) in [5, 5.41) is 6.21. The van der Waals surface area contributed by atoms with Gasteiger partial charge in [-0.1, -0.05) is 29.3 Å². The zero-order valence-corrected chi connectivity index (χ0v) is 12.9. The molecule has 2 rings (SSSR count). The van der Waals surface area contributed by atoms with Gasteiger partial charge in [0, 0.05) is 27.8 Å². The van der Waals surface area contributed by atoms with Crippen LogP contribution in [0.25, 0.3) is 0 Å². The fourth-order valence-corrected chi connectivity index (χ4v) is 2.27. The van der Waals surface area contributed by atoms with Crippen molar-refractivity contribution in [2.45, 2.75) is 6.54 Å². The molecule has 3 amide bonds. The third kappa shape index (κ3) is 4.38. The Morgan fingerprint density at radius 1 is 1.05 bits per heavy atom. The molecule has 114 valence electrons. The average Bonchev–Trinajstić information content (AvgIpc) is 2.46. The quantitative estimate of drug-likeness (QED) is 0.798. The summed E-state index contributed by atoms with van der Waals surface area (Å²) in [5.41, 5.74) is 6.75. The molecule has 7 heteroatoms. The van der Waals surface area contributed by atoms with Crippen LogP contribution >= 0.6 is 23.2 Å². The summed E-state index contributed by atoms with van der Waals surface area (Å²) in [5.74, 6) is -0.253. The third-order valence-corrected chi connectivity index (χ3v) is 3.46. The second kappa shape index (κ2) is 7.15. The summed E-state index contributed by atoms with van der Waals surface area (Å²) in [7, 11) is 0. The molecule has 4 N–H and O–H groups in total. The maximum atomic E-state index is 12.0. The van der Waals surface area contributed by atoms with Crippen molar-refractivity contribution in [3.63, 3.8) is 0 Å². The molecule has 0 aliphatic carbocycles. The van der Waals surface area contributed by atoms with Gasteiger partial charge in [-0.15, -0.1) is 0 Å². The van der Waals surface area contributed by atoms with Crippen molar-refractivity contribution in [1.29, 1.82) is 0 Å². The molecule has 0 aromatic heterocycles. The van der Waals surface area contributed by atoms with Crippen LogP contribution in [0.5, 0.6) is 0 Å². The van der Waals surface area contributed by atoms with Crippen molar-refractivity contribution < 1.29 is 9.59 Å². The van der Waals surface area contributed by atoms with Gasteiger partial charge in [-0.25, -0.2) is 4.79 Å². The molecule has 0 bridgehead atoms. The van der Waals surface area contributed by atoms with Crippen molar-refractivity contribution in [2.75, 3.05) is 5.32 Å². The maximum absolute atomic E-state index is 12.0. The van der Waals surface area contributed by atoms with E-state index in [0.29, 0.717) is 21.3 Å². The molecule has 0 radical (unpaired) electrons. The number of nitrogens with two attached hydrogens (primary N) is 1. The number of carbonyl (C=O) groups excluding carboxylic acids is 2. The third-order valence-electron chi connectivity index (χ3n) is 2.87. The van der Waals surface area contributed by atoms with Gasteiger partial charge in [-0.3, -0.25) is 4.79 Å². The molecule has 0 spiro atoms. The molecule has 5 nitrogen and oxygen atoms in total. The van der Waals surface area contributed by atoms with Gasteiger partial charge in [-0.05, 0) is 42.0 Å². The molecule has 0 aliphatic rings. The Balaban J connectivity index is 1.98. The van der Waals surface area contributed by atoms with Crippen molar-refractivity contribution in [1.82, 2.24) is 5.32 Å². The number of anilines is 1. The second-order valence-electron chi connectivity index (χ2n) is 4.49. The predicted octanol–water partition coefficient (Wildman–Crippen LogP) is 3.41. The Hall–Kier alpha value is -2.24. The zero-order valence-electron chi connectivity index (χ0n) is 11.4. The van der Waals surface area contributed by atoms with E-state index in [2.05, 4.69) is 10.6 Å². The van der Waals surface area contributed by atoms with Crippen LogP contribution in [0.4, 0.5) is 10.5 Å². The highest BCUT2D eigenvalue weighted by Gasteiger charge is 2.07. The highest BCUT2D eigenvalue weighted by molar-refractivity contribution is 6.35. The molecule has 0 aliphatic heterocycles. The fourth-order valence-electron chi connectivity index (χ4n) is 1.79. The molecule has 22 heavy (non-hydrogen) atoms. The van der Waals surface area contributed by atoms with E-state index in [1.54, 1.807) is 42.5 Å². The van der Waals surface area contributed by atoms with Gasteiger partial charge in [0.2, 0.25) is 0 Å². The first kappa shape index (κ1) is 16.1. The van der Waals surface area contributed by atoms with Gasteiger partial charge in [-0.2, -0.15) is 0 Å². The smallest absolute Gasteiger partial charge is 0.316 e. The number of nitrogens with one attached hydrogen (secondary N) is 2. The number of halogens is 2. The first-order valence-corrected chi connectivity index (χ1v) is 7.10. The standard InChI is InChI=1S/C15H13Cl2N3O2/c16-11-4-1-10(13(17)7-11)8-19-14(21)9-2-5-12(6-3-9)20-15(18)22/h1-7H,8H2,(H,19,21)(H3,18,20,22). The number of primary amides is 1. The Morgan fingerprint density at radius 2 is 1.73 bits per heavy atom. The van der Waals surface area contributed by atoms with Crippen LogP contribution in [-0.2, 0) is 6.54 Å². The number of amides is 3. The highest BCUT2D eigenvalue weighted by atomic mass is 35.5. The lowest BCUT2D eigenvalue weighted by molar-refractivity contribution is 0.0951. The van der Waals surface area contributed by atoms with E-state index < -0.39 is 6.03 Å². The molecule has 0 heterocycles. The summed E-state index contributed by atoms with van der Waals surface area (Å²) in [6.45, 7) is 0.288. The lowest BCUT2D eigenvalue weighted by Gasteiger charge is -2.08. The Labute approximate surface area is 137 Å². The molecule has 0 unspecified atom stereocenters. The molecule has 2 aromatic carbocycles. The van der Waals surface area contributed by atoms with Gasteiger partial charge in [0.05, 0.1) is 0 Å². The summed E-state index contributed by atoms with van der Waals surface area (Å²) < 4.78 is 0. The van der Waals surface area contributed by atoms with E-state index in [-0.39, 0.29) is 12.5 Å². The number of urea groups is 1. The maximum Gasteiger partial charge on any atom is 0.316 e. The second-order valence-corrected chi connectivity index (χ2v) is 5.33. The summed E-state index contributed by atoms with van der Waals surface area (Å²) in [4.78, 5) is 22.8. The topological polar surface area (TPSA) is 84.2 Å². The van der Waals surface area contributed by atoms with Gasteiger partial charge in [0.25, 0.3) is 5.91 Å². The molecular formula is C15H13Cl2N3O2. The van der Waals surface area contributed by atoms with Crippen LogP contribution < -0.4 is 16.4 Å². The van der Waals surface area contributed by atoms with E-state index in [0.717, 1.165) is 5.56 Å². The molecule has 0 saturated heterocycles. The van der Waals surface area contributed by atoms with Crippen LogP contribution in [0.2, 0.25) is 10.0 Å². The summed E-state index contributed by atoms with van der Waals surface area (Å²) >= 11 is 11.9. The number of hydrogen-bond acceptors (Lipinski definition) is 2. The first-order chi connectivity index (χ1) is 10.5. The summed E-state index contributed by atoms with van der Waals surface area (Å²) in [6, 6.07) is 10.8. The van der Waals surface area contributed by atoms with E-state index in [9.17, 15) is 9.59 Å². The number of benzene rings is 2. The molecule has 0 fully saturated rings. The molecule has 0 atom stereocenters. The summed E-state index contributed by atoms with van der Waals surface area (Å²) in [6.07, 6.45) is 0. The van der Waals surface area contributed by atoms with Gasteiger partial charge in [0.15, 0.2) is 0 Å². The van der Waals surface area contributed by atoms with Crippen LogP contribution in [-0.4, -0.2) is 11.9 Å². The number of carbonyl (C=O) groups is 2. The van der Waals surface area contributed by atoms with E-state index in [1.807, 2.05) is 0 Å². The SMILES string of the molecule is NC(=O)Nc1ccc(C(=O)NCc2ccc(Cl)cc2Cl)cc1. The minimum Gasteiger partial charge on any atom is -0.351 e. The fraction of sp³-hybridized carbons (Fsp3) is 0.0667. The molecule has 2 aromatic rings. The minimum absolute atomic E-state index is 0.253. The number of hydrogen-bond donors (Lipinski definition) is 3. The molecular weight excluding hydrogens is 325 g/mol.